The molecule has 2 aliphatic heterocycles. The fourth-order valence-electron chi connectivity index (χ4n) is 6.95. The molecule has 1 unspecified atom stereocenters. The van der Waals surface area contributed by atoms with Crippen LogP contribution in [-0.2, 0) is 0 Å². The largest absolute Gasteiger partial charge is 0.312 e. The summed E-state index contributed by atoms with van der Waals surface area (Å²) in [7, 11) is 0. The predicted octanol–water partition coefficient (Wildman–Crippen LogP) is 7.57. The van der Waals surface area contributed by atoms with E-state index in [1.807, 2.05) is 0 Å². The van der Waals surface area contributed by atoms with Gasteiger partial charge in [-0.25, -0.2) is 0 Å². The number of thioether (sulfide) groups is 1. The van der Waals surface area contributed by atoms with Crippen LogP contribution in [0.15, 0.2) is 77.9 Å². The molecular weight excluding hydrogens is 422 g/mol. The quantitative estimate of drug-likeness (QED) is 0.399. The SMILES string of the molecule is c1ccc(N2N=C3C(SC4(CCCCC4)N3c3cccc4ccccc34)C23CCCC3)cc1. The number of anilines is 2. The fraction of sp³-hybridized carbons (Fsp3) is 0.414. The molecule has 2 heterocycles. The summed E-state index contributed by atoms with van der Waals surface area (Å²) < 4.78 is 0. The van der Waals surface area contributed by atoms with E-state index in [1.165, 1.54) is 85.8 Å². The zero-order chi connectivity index (χ0) is 21.9. The van der Waals surface area contributed by atoms with Gasteiger partial charge in [-0.1, -0.05) is 86.7 Å². The third-order valence-electron chi connectivity index (χ3n) is 8.43. The molecule has 1 atom stereocenters. The number of hydrazone groups is 1. The number of amidine groups is 1. The maximum absolute atomic E-state index is 5.52. The fourth-order valence-corrected chi connectivity index (χ4v) is 9.02. The van der Waals surface area contributed by atoms with Gasteiger partial charge < -0.3 is 4.90 Å². The number of nitrogens with zero attached hydrogens (tertiary/aromatic N) is 3. The van der Waals surface area contributed by atoms with Crippen molar-refractivity contribution in [2.75, 3.05) is 9.91 Å². The van der Waals surface area contributed by atoms with Gasteiger partial charge in [-0.05, 0) is 49.3 Å². The van der Waals surface area contributed by atoms with Gasteiger partial charge in [0.25, 0.3) is 0 Å². The molecule has 168 valence electrons. The van der Waals surface area contributed by atoms with Crippen LogP contribution in [0, 0.1) is 0 Å². The van der Waals surface area contributed by atoms with Crippen molar-refractivity contribution in [1.29, 1.82) is 0 Å². The molecular formula is C29H31N3S. The van der Waals surface area contributed by atoms with Crippen molar-refractivity contribution >= 4 is 39.7 Å². The molecule has 3 aromatic carbocycles. The first-order valence-electron chi connectivity index (χ1n) is 12.7. The molecule has 2 spiro atoms. The Kier molecular flexibility index (Phi) is 4.55. The Morgan fingerprint density at radius 3 is 2.24 bits per heavy atom. The van der Waals surface area contributed by atoms with Gasteiger partial charge in [0, 0.05) is 5.39 Å². The monoisotopic (exact) mass is 453 g/mol. The number of benzene rings is 3. The molecule has 0 aromatic heterocycles. The van der Waals surface area contributed by atoms with Gasteiger partial charge in [-0.15, -0.1) is 11.8 Å². The van der Waals surface area contributed by atoms with E-state index in [1.54, 1.807) is 0 Å². The molecule has 7 rings (SSSR count). The van der Waals surface area contributed by atoms with Crippen molar-refractivity contribution < 1.29 is 0 Å². The van der Waals surface area contributed by atoms with Crippen LogP contribution in [0.2, 0.25) is 0 Å². The minimum absolute atomic E-state index is 0.116. The van der Waals surface area contributed by atoms with Crippen molar-refractivity contribution in [3.05, 3.63) is 72.8 Å². The average Bonchev–Trinajstić information content (AvgIpc) is 3.55. The molecule has 0 N–H and O–H groups in total. The number of fused-ring (bicyclic) bond motifs is 3. The Morgan fingerprint density at radius 1 is 0.727 bits per heavy atom. The van der Waals surface area contributed by atoms with E-state index in [0.29, 0.717) is 5.25 Å². The third kappa shape index (κ3) is 2.86. The zero-order valence-electron chi connectivity index (χ0n) is 19.1. The highest BCUT2D eigenvalue weighted by Crippen LogP contribution is 2.61. The van der Waals surface area contributed by atoms with Crippen LogP contribution < -0.4 is 9.91 Å². The Bertz CT molecular complexity index is 1200. The lowest BCUT2D eigenvalue weighted by molar-refractivity contribution is 0.408. The van der Waals surface area contributed by atoms with E-state index >= 15 is 0 Å². The molecule has 2 saturated carbocycles. The van der Waals surface area contributed by atoms with E-state index in [2.05, 4.69) is 94.5 Å². The van der Waals surface area contributed by atoms with Crippen molar-refractivity contribution in [3.8, 4) is 0 Å². The minimum Gasteiger partial charge on any atom is -0.312 e. The van der Waals surface area contributed by atoms with E-state index in [-0.39, 0.29) is 10.4 Å². The van der Waals surface area contributed by atoms with Gasteiger partial charge in [-0.3, -0.25) is 5.01 Å². The van der Waals surface area contributed by atoms with Gasteiger partial charge in [-0.2, -0.15) is 5.10 Å². The van der Waals surface area contributed by atoms with Crippen molar-refractivity contribution in [2.24, 2.45) is 5.10 Å². The lowest BCUT2D eigenvalue weighted by Gasteiger charge is -2.43. The summed E-state index contributed by atoms with van der Waals surface area (Å²) in [6.45, 7) is 0. The standard InChI is InChI=1S/C29H31N3S/c1-3-14-23(15-4-1)32-28(18-9-10-19-28)26-27(30-32)31(29(33-26)20-7-2-8-21-29)25-17-11-13-22-12-5-6-16-24(22)25/h1,3-6,11-17,26H,2,7-10,18-21H2. The Labute approximate surface area is 200 Å². The van der Waals surface area contributed by atoms with Gasteiger partial charge in [0.05, 0.1) is 27.0 Å². The second-order valence-electron chi connectivity index (χ2n) is 10.3. The van der Waals surface area contributed by atoms with Crippen molar-refractivity contribution in [2.45, 2.75) is 73.4 Å². The lowest BCUT2D eigenvalue weighted by atomic mass is 9.89. The smallest absolute Gasteiger partial charge is 0.146 e. The lowest BCUT2D eigenvalue weighted by Crippen LogP contribution is -2.48. The molecule has 1 saturated heterocycles. The summed E-state index contributed by atoms with van der Waals surface area (Å²) in [4.78, 5) is 2.86. The summed E-state index contributed by atoms with van der Waals surface area (Å²) in [5.41, 5.74) is 2.72. The average molecular weight is 454 g/mol. The van der Waals surface area contributed by atoms with E-state index in [9.17, 15) is 0 Å². The molecule has 0 radical (unpaired) electrons. The number of para-hydroxylation sites is 1. The van der Waals surface area contributed by atoms with Gasteiger partial charge >= 0.3 is 0 Å². The summed E-state index contributed by atoms with van der Waals surface area (Å²) in [5, 5.41) is 11.1. The molecule has 4 aliphatic rings. The first-order chi connectivity index (χ1) is 16.3. The van der Waals surface area contributed by atoms with Crippen LogP contribution >= 0.6 is 11.8 Å². The molecule has 3 nitrogen and oxygen atoms in total. The second kappa shape index (κ2) is 7.53. The third-order valence-corrected chi connectivity index (χ3v) is 10.3. The van der Waals surface area contributed by atoms with Crippen LogP contribution in [0.5, 0.6) is 0 Å². The molecule has 3 fully saturated rings. The number of hydrogen-bond donors (Lipinski definition) is 0. The zero-order valence-corrected chi connectivity index (χ0v) is 19.9. The topological polar surface area (TPSA) is 18.8 Å². The van der Waals surface area contributed by atoms with Crippen LogP contribution in [0.4, 0.5) is 11.4 Å². The molecule has 2 aliphatic carbocycles. The van der Waals surface area contributed by atoms with E-state index < -0.39 is 0 Å². The summed E-state index contributed by atoms with van der Waals surface area (Å²) in [6, 6.07) is 26.6. The Morgan fingerprint density at radius 2 is 1.42 bits per heavy atom. The van der Waals surface area contributed by atoms with Crippen LogP contribution in [0.1, 0.15) is 57.8 Å². The normalized spacial score (nSPS) is 25.2. The molecule has 33 heavy (non-hydrogen) atoms. The summed E-state index contributed by atoms with van der Waals surface area (Å²) in [5.74, 6) is 1.31. The summed E-state index contributed by atoms with van der Waals surface area (Å²) >= 11 is 2.26. The van der Waals surface area contributed by atoms with Gasteiger partial charge in [0.1, 0.15) is 5.84 Å². The Balaban J connectivity index is 1.44. The molecule has 3 aromatic rings. The maximum Gasteiger partial charge on any atom is 0.146 e. The highest BCUT2D eigenvalue weighted by molar-refractivity contribution is 8.02. The van der Waals surface area contributed by atoms with E-state index in [4.69, 9.17) is 5.10 Å². The minimum atomic E-state index is 0.116. The molecule has 0 amide bonds. The van der Waals surface area contributed by atoms with Crippen molar-refractivity contribution in [3.63, 3.8) is 0 Å². The van der Waals surface area contributed by atoms with Crippen LogP contribution in [0.3, 0.4) is 0 Å². The van der Waals surface area contributed by atoms with Gasteiger partial charge in [0.15, 0.2) is 0 Å². The predicted molar refractivity (Wildman–Crippen MR) is 141 cm³/mol. The summed E-state index contributed by atoms with van der Waals surface area (Å²) in [6.07, 6.45) is 11.6. The molecule has 0 bridgehead atoms. The highest BCUT2D eigenvalue weighted by Gasteiger charge is 2.63. The second-order valence-corrected chi connectivity index (χ2v) is 11.7. The first-order valence-corrected chi connectivity index (χ1v) is 13.6. The van der Waals surface area contributed by atoms with E-state index in [0.717, 1.165) is 0 Å². The van der Waals surface area contributed by atoms with Crippen molar-refractivity contribution in [1.82, 2.24) is 0 Å². The highest BCUT2D eigenvalue weighted by atomic mass is 32.2. The number of hydrogen-bond acceptors (Lipinski definition) is 4. The van der Waals surface area contributed by atoms with Crippen LogP contribution in [-0.4, -0.2) is 21.5 Å². The maximum atomic E-state index is 5.52. The first kappa shape index (κ1) is 20.0. The van der Waals surface area contributed by atoms with Gasteiger partial charge in [0.2, 0.25) is 0 Å². The molecule has 4 heteroatoms. The number of rotatable bonds is 2. The Hall–Kier alpha value is -2.46. The van der Waals surface area contributed by atoms with Crippen LogP contribution in [0.25, 0.3) is 10.8 Å².